The molecule has 1 aromatic heterocycles. The number of hydrogen-bond acceptors (Lipinski definition) is 4. The first-order chi connectivity index (χ1) is 9.08. The van der Waals surface area contributed by atoms with Crippen molar-refractivity contribution in [3.05, 3.63) is 53.3 Å². The van der Waals surface area contributed by atoms with Crippen LogP contribution >= 0.6 is 0 Å². The Balaban J connectivity index is 2.17. The van der Waals surface area contributed by atoms with Crippen LogP contribution in [0.15, 0.2) is 36.5 Å². The fourth-order valence-electron chi connectivity index (χ4n) is 1.72. The number of rotatable bonds is 4. The maximum atomic E-state index is 10.9. The Morgan fingerprint density at radius 1 is 1.42 bits per heavy atom. The lowest BCUT2D eigenvalue weighted by Gasteiger charge is -2.11. The molecule has 0 fully saturated rings. The van der Waals surface area contributed by atoms with Crippen LogP contribution < -0.4 is 11.1 Å². The summed E-state index contributed by atoms with van der Waals surface area (Å²) in [7, 11) is 0. The molecule has 0 aliphatic carbocycles. The molecule has 19 heavy (non-hydrogen) atoms. The minimum atomic E-state index is -0.975. The zero-order valence-electron chi connectivity index (χ0n) is 10.6. The highest BCUT2D eigenvalue weighted by atomic mass is 16.4. The maximum Gasteiger partial charge on any atom is 0.335 e. The molecule has 0 unspecified atom stereocenters. The van der Waals surface area contributed by atoms with Gasteiger partial charge in [0.15, 0.2) is 0 Å². The third-order valence-electron chi connectivity index (χ3n) is 2.86. The molecule has 1 heterocycles. The van der Waals surface area contributed by atoms with Crippen molar-refractivity contribution in [2.24, 2.45) is 0 Å². The van der Waals surface area contributed by atoms with Crippen molar-refractivity contribution in [2.75, 3.05) is 11.1 Å². The van der Waals surface area contributed by atoms with Crippen molar-refractivity contribution in [1.29, 1.82) is 0 Å². The largest absolute Gasteiger partial charge is 0.478 e. The fraction of sp³-hybridized carbons (Fsp3) is 0.143. The van der Waals surface area contributed by atoms with Crippen molar-refractivity contribution in [3.63, 3.8) is 0 Å². The number of nitrogens with zero attached hydrogens (tertiary/aromatic N) is 1. The van der Waals surface area contributed by atoms with Gasteiger partial charge in [-0.25, -0.2) is 4.79 Å². The van der Waals surface area contributed by atoms with Crippen LogP contribution in [0, 0.1) is 6.92 Å². The molecule has 0 saturated heterocycles. The van der Waals surface area contributed by atoms with E-state index in [0.29, 0.717) is 17.9 Å². The smallest absolute Gasteiger partial charge is 0.335 e. The first kappa shape index (κ1) is 12.9. The average Bonchev–Trinajstić information content (AvgIpc) is 2.39. The first-order valence-corrected chi connectivity index (χ1v) is 5.85. The maximum absolute atomic E-state index is 10.9. The number of benzene rings is 1. The molecule has 0 saturated carbocycles. The number of pyridine rings is 1. The minimum Gasteiger partial charge on any atom is -0.478 e. The highest BCUT2D eigenvalue weighted by Gasteiger charge is 2.07. The van der Waals surface area contributed by atoms with Gasteiger partial charge >= 0.3 is 5.97 Å². The number of nitrogen functional groups attached to an aromatic ring is 1. The second-order valence-electron chi connectivity index (χ2n) is 4.23. The number of nitrogens with one attached hydrogen (secondary N) is 1. The highest BCUT2D eigenvalue weighted by molar-refractivity contribution is 5.90. The van der Waals surface area contributed by atoms with Crippen LogP contribution in [0.25, 0.3) is 0 Å². The van der Waals surface area contributed by atoms with E-state index in [2.05, 4.69) is 10.3 Å². The Hall–Kier alpha value is -2.56. The number of carboxylic acid groups (broad SMARTS) is 1. The Morgan fingerprint density at radius 2 is 2.21 bits per heavy atom. The third-order valence-corrected chi connectivity index (χ3v) is 2.86. The lowest BCUT2D eigenvalue weighted by atomic mass is 10.1. The molecule has 1 aromatic carbocycles. The summed E-state index contributed by atoms with van der Waals surface area (Å²) in [6, 6.07) is 8.43. The van der Waals surface area contributed by atoms with E-state index in [4.69, 9.17) is 10.8 Å². The Kier molecular flexibility index (Phi) is 3.66. The molecule has 0 spiro atoms. The van der Waals surface area contributed by atoms with Gasteiger partial charge in [0.2, 0.25) is 0 Å². The van der Waals surface area contributed by atoms with Gasteiger partial charge in [0, 0.05) is 6.20 Å². The van der Waals surface area contributed by atoms with Crippen molar-refractivity contribution < 1.29 is 9.90 Å². The second-order valence-corrected chi connectivity index (χ2v) is 4.23. The quantitative estimate of drug-likeness (QED) is 0.731. The number of aromatic nitrogens is 1. The molecule has 2 rings (SSSR count). The SMILES string of the molecule is Cc1cccnc1CNc1cc(C(=O)O)ccc1N. The number of carboxylic acids is 1. The molecule has 0 bridgehead atoms. The van der Waals surface area contributed by atoms with Crippen LogP contribution in [0.1, 0.15) is 21.6 Å². The van der Waals surface area contributed by atoms with Gasteiger partial charge in [-0.1, -0.05) is 6.07 Å². The van der Waals surface area contributed by atoms with E-state index in [9.17, 15) is 4.79 Å². The van der Waals surface area contributed by atoms with Crippen LogP contribution in [0.3, 0.4) is 0 Å². The van der Waals surface area contributed by atoms with E-state index in [1.807, 2.05) is 19.1 Å². The summed E-state index contributed by atoms with van der Waals surface area (Å²) >= 11 is 0. The molecule has 0 atom stereocenters. The predicted octanol–water partition coefficient (Wildman–Crippen LogP) is 2.28. The number of anilines is 2. The molecular weight excluding hydrogens is 242 g/mol. The molecule has 0 aliphatic heterocycles. The van der Waals surface area contributed by atoms with Gasteiger partial charge < -0.3 is 16.2 Å². The van der Waals surface area contributed by atoms with E-state index >= 15 is 0 Å². The van der Waals surface area contributed by atoms with Crippen LogP contribution in [0.2, 0.25) is 0 Å². The van der Waals surface area contributed by atoms with Crippen LogP contribution in [-0.2, 0) is 6.54 Å². The normalized spacial score (nSPS) is 10.2. The number of carbonyl (C=O) groups is 1. The zero-order chi connectivity index (χ0) is 13.8. The van der Waals surface area contributed by atoms with Gasteiger partial charge in [-0.15, -0.1) is 0 Å². The minimum absolute atomic E-state index is 0.203. The molecule has 4 N–H and O–H groups in total. The molecule has 0 radical (unpaired) electrons. The summed E-state index contributed by atoms with van der Waals surface area (Å²) in [6.45, 7) is 2.47. The summed E-state index contributed by atoms with van der Waals surface area (Å²) in [5, 5.41) is 12.1. The van der Waals surface area contributed by atoms with Crippen LogP contribution in [-0.4, -0.2) is 16.1 Å². The van der Waals surface area contributed by atoms with Gasteiger partial charge in [-0.2, -0.15) is 0 Å². The number of aromatic carboxylic acids is 1. The van der Waals surface area contributed by atoms with Gasteiger partial charge in [-0.3, -0.25) is 4.98 Å². The molecule has 98 valence electrons. The van der Waals surface area contributed by atoms with Gasteiger partial charge in [0.05, 0.1) is 29.2 Å². The summed E-state index contributed by atoms with van der Waals surface area (Å²) in [6.07, 6.45) is 1.72. The molecule has 0 amide bonds. The molecule has 0 aliphatic rings. The summed E-state index contributed by atoms with van der Waals surface area (Å²) in [4.78, 5) is 15.2. The summed E-state index contributed by atoms with van der Waals surface area (Å²) < 4.78 is 0. The van der Waals surface area contributed by atoms with E-state index in [1.54, 1.807) is 12.3 Å². The van der Waals surface area contributed by atoms with Gasteiger partial charge in [-0.05, 0) is 36.8 Å². The van der Waals surface area contributed by atoms with Gasteiger partial charge in [0.1, 0.15) is 0 Å². The van der Waals surface area contributed by atoms with E-state index in [1.165, 1.54) is 12.1 Å². The van der Waals surface area contributed by atoms with Crippen LogP contribution in [0.5, 0.6) is 0 Å². The topological polar surface area (TPSA) is 88.2 Å². The van der Waals surface area contributed by atoms with Gasteiger partial charge in [0.25, 0.3) is 0 Å². The molecule has 5 heteroatoms. The van der Waals surface area contributed by atoms with Crippen LogP contribution in [0.4, 0.5) is 11.4 Å². The molecule has 5 nitrogen and oxygen atoms in total. The summed E-state index contributed by atoms with van der Waals surface area (Å²) in [5.41, 5.74) is 9.11. The van der Waals surface area contributed by atoms with E-state index < -0.39 is 5.97 Å². The highest BCUT2D eigenvalue weighted by Crippen LogP contribution is 2.21. The first-order valence-electron chi connectivity index (χ1n) is 5.85. The monoisotopic (exact) mass is 257 g/mol. The molecule has 2 aromatic rings. The van der Waals surface area contributed by atoms with E-state index in [-0.39, 0.29) is 5.56 Å². The van der Waals surface area contributed by atoms with Crippen molar-refractivity contribution in [1.82, 2.24) is 4.98 Å². The number of hydrogen-bond donors (Lipinski definition) is 3. The average molecular weight is 257 g/mol. The Morgan fingerprint density at radius 3 is 2.89 bits per heavy atom. The Bertz CT molecular complexity index is 611. The standard InChI is InChI=1S/C14H15N3O2/c1-9-3-2-6-16-13(9)8-17-12-7-10(14(18)19)4-5-11(12)15/h2-7,17H,8,15H2,1H3,(H,18,19). The van der Waals surface area contributed by atoms with Crippen molar-refractivity contribution in [2.45, 2.75) is 13.5 Å². The van der Waals surface area contributed by atoms with Crippen molar-refractivity contribution >= 4 is 17.3 Å². The van der Waals surface area contributed by atoms with E-state index in [0.717, 1.165) is 11.3 Å². The fourth-order valence-corrected chi connectivity index (χ4v) is 1.72. The summed E-state index contributed by atoms with van der Waals surface area (Å²) in [5.74, 6) is -0.975. The lowest BCUT2D eigenvalue weighted by Crippen LogP contribution is -2.07. The number of aryl methyl sites for hydroxylation is 1. The van der Waals surface area contributed by atoms with Crippen molar-refractivity contribution in [3.8, 4) is 0 Å². The number of nitrogens with two attached hydrogens (primary N) is 1. The third kappa shape index (κ3) is 3.01. The second kappa shape index (κ2) is 5.39. The Labute approximate surface area is 111 Å². The molecular formula is C14H15N3O2. The predicted molar refractivity (Wildman–Crippen MR) is 74.1 cm³/mol. The lowest BCUT2D eigenvalue weighted by molar-refractivity contribution is 0.0697. The zero-order valence-corrected chi connectivity index (χ0v) is 10.6.